The van der Waals surface area contributed by atoms with Crippen LogP contribution < -0.4 is 10.6 Å². The fourth-order valence-corrected chi connectivity index (χ4v) is 2.59. The van der Waals surface area contributed by atoms with E-state index in [-0.39, 0.29) is 0 Å². The second-order valence-corrected chi connectivity index (χ2v) is 5.69. The SMILES string of the molecule is CCc1c(C)nc(C(C)C)nc1NC1CCCNC1. The van der Waals surface area contributed by atoms with Crippen LogP contribution >= 0.6 is 0 Å². The van der Waals surface area contributed by atoms with Crippen molar-refractivity contribution in [2.75, 3.05) is 18.4 Å². The van der Waals surface area contributed by atoms with E-state index in [1.165, 1.54) is 18.4 Å². The zero-order valence-electron chi connectivity index (χ0n) is 12.6. The third kappa shape index (κ3) is 3.44. The van der Waals surface area contributed by atoms with Gasteiger partial charge in [-0.2, -0.15) is 0 Å². The summed E-state index contributed by atoms with van der Waals surface area (Å²) in [5, 5.41) is 7.06. The lowest BCUT2D eigenvalue weighted by Gasteiger charge is -2.26. The average Bonchev–Trinajstić information content (AvgIpc) is 2.39. The summed E-state index contributed by atoms with van der Waals surface area (Å²) in [6.07, 6.45) is 3.43. The van der Waals surface area contributed by atoms with Gasteiger partial charge in [0.05, 0.1) is 0 Å². The van der Waals surface area contributed by atoms with Crippen molar-refractivity contribution < 1.29 is 0 Å². The van der Waals surface area contributed by atoms with Gasteiger partial charge in [-0.05, 0) is 32.7 Å². The molecule has 4 nitrogen and oxygen atoms in total. The summed E-state index contributed by atoms with van der Waals surface area (Å²) in [6, 6.07) is 0.494. The Morgan fingerprint density at radius 2 is 2.16 bits per heavy atom. The van der Waals surface area contributed by atoms with Crippen LogP contribution in [0.5, 0.6) is 0 Å². The van der Waals surface area contributed by atoms with Crippen LogP contribution in [-0.4, -0.2) is 29.1 Å². The molecule has 1 saturated heterocycles. The number of hydrogen-bond donors (Lipinski definition) is 2. The van der Waals surface area contributed by atoms with Gasteiger partial charge in [-0.25, -0.2) is 9.97 Å². The molecule has 4 heteroatoms. The Hall–Kier alpha value is -1.16. The predicted octanol–water partition coefficient (Wildman–Crippen LogP) is 2.63. The van der Waals surface area contributed by atoms with E-state index < -0.39 is 0 Å². The number of nitrogens with one attached hydrogen (secondary N) is 2. The Bertz CT molecular complexity index is 422. The van der Waals surface area contributed by atoms with Gasteiger partial charge in [0.2, 0.25) is 0 Å². The molecule has 1 aliphatic rings. The van der Waals surface area contributed by atoms with E-state index in [0.29, 0.717) is 12.0 Å². The molecular weight excluding hydrogens is 236 g/mol. The summed E-state index contributed by atoms with van der Waals surface area (Å²) >= 11 is 0. The number of aryl methyl sites for hydroxylation is 1. The van der Waals surface area contributed by atoms with Crippen LogP contribution in [0.25, 0.3) is 0 Å². The monoisotopic (exact) mass is 262 g/mol. The van der Waals surface area contributed by atoms with E-state index in [0.717, 1.165) is 36.8 Å². The molecule has 2 rings (SSSR count). The van der Waals surface area contributed by atoms with Gasteiger partial charge in [0.15, 0.2) is 0 Å². The highest BCUT2D eigenvalue weighted by atomic mass is 15.1. The minimum atomic E-state index is 0.370. The molecule has 0 spiro atoms. The van der Waals surface area contributed by atoms with Gasteiger partial charge in [-0.15, -0.1) is 0 Å². The molecule has 0 aromatic carbocycles. The van der Waals surface area contributed by atoms with Gasteiger partial charge in [-0.3, -0.25) is 0 Å². The molecule has 1 aliphatic heterocycles. The summed E-state index contributed by atoms with van der Waals surface area (Å²) in [7, 11) is 0. The molecule has 106 valence electrons. The zero-order chi connectivity index (χ0) is 13.8. The number of nitrogens with zero attached hydrogens (tertiary/aromatic N) is 2. The molecule has 1 aromatic heterocycles. The second kappa shape index (κ2) is 6.33. The van der Waals surface area contributed by atoms with Crippen molar-refractivity contribution in [1.82, 2.24) is 15.3 Å². The maximum atomic E-state index is 4.75. The average molecular weight is 262 g/mol. The van der Waals surface area contributed by atoms with E-state index >= 15 is 0 Å². The van der Waals surface area contributed by atoms with Crippen molar-refractivity contribution in [1.29, 1.82) is 0 Å². The molecule has 1 aromatic rings. The minimum Gasteiger partial charge on any atom is -0.366 e. The van der Waals surface area contributed by atoms with Crippen LogP contribution in [0.1, 0.15) is 56.6 Å². The van der Waals surface area contributed by atoms with E-state index in [1.807, 2.05) is 0 Å². The smallest absolute Gasteiger partial charge is 0.133 e. The third-order valence-electron chi connectivity index (χ3n) is 3.74. The second-order valence-electron chi connectivity index (χ2n) is 5.69. The number of aromatic nitrogens is 2. The largest absolute Gasteiger partial charge is 0.366 e. The molecule has 2 heterocycles. The fourth-order valence-electron chi connectivity index (χ4n) is 2.59. The molecule has 1 atom stereocenters. The van der Waals surface area contributed by atoms with Gasteiger partial charge < -0.3 is 10.6 Å². The maximum Gasteiger partial charge on any atom is 0.133 e. The predicted molar refractivity (Wildman–Crippen MR) is 79.8 cm³/mol. The molecule has 19 heavy (non-hydrogen) atoms. The standard InChI is InChI=1S/C15H26N4/c1-5-13-11(4)17-14(10(2)3)19-15(13)18-12-7-6-8-16-9-12/h10,12,16H,5-9H2,1-4H3,(H,17,18,19). The molecule has 1 unspecified atom stereocenters. The van der Waals surface area contributed by atoms with Crippen molar-refractivity contribution in [3.05, 3.63) is 17.1 Å². The quantitative estimate of drug-likeness (QED) is 0.876. The van der Waals surface area contributed by atoms with E-state index in [1.54, 1.807) is 0 Å². The Labute approximate surface area is 116 Å². The summed E-state index contributed by atoms with van der Waals surface area (Å²) in [5.74, 6) is 2.36. The van der Waals surface area contributed by atoms with Crippen LogP contribution in [0.4, 0.5) is 5.82 Å². The van der Waals surface area contributed by atoms with Crippen molar-refractivity contribution in [3.63, 3.8) is 0 Å². The summed E-state index contributed by atoms with van der Waals surface area (Å²) < 4.78 is 0. The van der Waals surface area contributed by atoms with Crippen LogP contribution in [0.2, 0.25) is 0 Å². The zero-order valence-corrected chi connectivity index (χ0v) is 12.6. The van der Waals surface area contributed by atoms with Gasteiger partial charge in [0.25, 0.3) is 0 Å². The van der Waals surface area contributed by atoms with E-state index in [2.05, 4.69) is 43.3 Å². The summed E-state index contributed by atoms with van der Waals surface area (Å²) in [6.45, 7) is 10.7. The minimum absolute atomic E-state index is 0.370. The number of piperidine rings is 1. The molecule has 0 saturated carbocycles. The molecular formula is C15H26N4. The topological polar surface area (TPSA) is 49.8 Å². The van der Waals surface area contributed by atoms with E-state index in [4.69, 9.17) is 4.98 Å². The number of rotatable bonds is 4. The summed E-state index contributed by atoms with van der Waals surface area (Å²) in [4.78, 5) is 9.38. The van der Waals surface area contributed by atoms with Crippen molar-refractivity contribution in [3.8, 4) is 0 Å². The molecule has 0 bridgehead atoms. The number of hydrogen-bond acceptors (Lipinski definition) is 4. The highest BCUT2D eigenvalue weighted by molar-refractivity contribution is 5.47. The first-order valence-corrected chi connectivity index (χ1v) is 7.46. The first-order valence-electron chi connectivity index (χ1n) is 7.46. The highest BCUT2D eigenvalue weighted by Crippen LogP contribution is 2.22. The summed E-state index contributed by atoms with van der Waals surface area (Å²) in [5.41, 5.74) is 2.38. The fraction of sp³-hybridized carbons (Fsp3) is 0.733. The highest BCUT2D eigenvalue weighted by Gasteiger charge is 2.17. The lowest BCUT2D eigenvalue weighted by atomic mass is 10.1. The maximum absolute atomic E-state index is 4.75. The number of anilines is 1. The molecule has 0 aliphatic carbocycles. The Morgan fingerprint density at radius 3 is 2.74 bits per heavy atom. The lowest BCUT2D eigenvalue weighted by Crippen LogP contribution is -2.39. The normalized spacial score (nSPS) is 19.7. The van der Waals surface area contributed by atoms with E-state index in [9.17, 15) is 0 Å². The molecule has 0 radical (unpaired) electrons. The van der Waals surface area contributed by atoms with Crippen LogP contribution in [0, 0.1) is 6.92 Å². The Kier molecular flexibility index (Phi) is 4.75. The Balaban J connectivity index is 2.25. The van der Waals surface area contributed by atoms with Gasteiger partial charge in [0.1, 0.15) is 11.6 Å². The molecule has 0 amide bonds. The van der Waals surface area contributed by atoms with Crippen LogP contribution in [0.15, 0.2) is 0 Å². The van der Waals surface area contributed by atoms with Crippen molar-refractivity contribution >= 4 is 5.82 Å². The van der Waals surface area contributed by atoms with Gasteiger partial charge in [-0.1, -0.05) is 20.8 Å². The molecule has 2 N–H and O–H groups in total. The molecule has 1 fully saturated rings. The Morgan fingerprint density at radius 1 is 1.37 bits per heavy atom. The van der Waals surface area contributed by atoms with Gasteiger partial charge in [0, 0.05) is 29.8 Å². The van der Waals surface area contributed by atoms with Crippen molar-refractivity contribution in [2.24, 2.45) is 0 Å². The van der Waals surface area contributed by atoms with Crippen molar-refractivity contribution in [2.45, 2.75) is 58.9 Å². The van der Waals surface area contributed by atoms with Crippen LogP contribution in [0.3, 0.4) is 0 Å². The first-order chi connectivity index (χ1) is 9.11. The first kappa shape index (κ1) is 14.3. The lowest BCUT2D eigenvalue weighted by molar-refractivity contribution is 0.478. The van der Waals surface area contributed by atoms with Crippen LogP contribution in [-0.2, 0) is 6.42 Å². The van der Waals surface area contributed by atoms with Gasteiger partial charge >= 0.3 is 0 Å². The third-order valence-corrected chi connectivity index (χ3v) is 3.74.